The lowest BCUT2D eigenvalue weighted by molar-refractivity contribution is -0.122. The number of carbonyl (C=O) groups is 1. The third-order valence-electron chi connectivity index (χ3n) is 2.98. The van der Waals surface area contributed by atoms with E-state index in [4.69, 9.17) is 16.0 Å². The van der Waals surface area contributed by atoms with Crippen molar-refractivity contribution in [2.45, 2.75) is 32.0 Å². The number of rotatable bonds is 6. The van der Waals surface area contributed by atoms with Crippen LogP contribution in [0.25, 0.3) is 0 Å². The second kappa shape index (κ2) is 5.58. The number of furan rings is 1. The van der Waals surface area contributed by atoms with Crippen LogP contribution in [0.4, 0.5) is 5.69 Å². The van der Waals surface area contributed by atoms with Crippen LogP contribution in [0.3, 0.4) is 0 Å². The molecule has 0 unspecified atom stereocenters. The molecule has 0 radical (unpaired) electrons. The Morgan fingerprint density at radius 3 is 3.05 bits per heavy atom. The Balaban J connectivity index is 1.49. The zero-order valence-corrected chi connectivity index (χ0v) is 11.6. The Hall–Kier alpha value is -1.95. The molecule has 7 heteroatoms. The molecule has 0 bridgehead atoms. The molecule has 106 valence electrons. The van der Waals surface area contributed by atoms with Gasteiger partial charge in [-0.05, 0) is 36.6 Å². The third-order valence-corrected chi connectivity index (χ3v) is 3.18. The summed E-state index contributed by atoms with van der Waals surface area (Å²) in [6.45, 7) is 0.761. The van der Waals surface area contributed by atoms with Crippen molar-refractivity contribution >= 4 is 23.2 Å². The summed E-state index contributed by atoms with van der Waals surface area (Å²) in [7, 11) is 0. The van der Waals surface area contributed by atoms with Crippen molar-refractivity contribution in [1.82, 2.24) is 15.1 Å². The van der Waals surface area contributed by atoms with Gasteiger partial charge in [0.05, 0.1) is 18.4 Å². The Kier molecular flexibility index (Phi) is 3.64. The van der Waals surface area contributed by atoms with E-state index in [0.717, 1.165) is 24.3 Å². The van der Waals surface area contributed by atoms with Gasteiger partial charge in [-0.1, -0.05) is 0 Å². The Morgan fingerprint density at radius 2 is 2.35 bits per heavy atom. The van der Waals surface area contributed by atoms with Gasteiger partial charge in [0, 0.05) is 12.2 Å². The van der Waals surface area contributed by atoms with Crippen molar-refractivity contribution in [3.05, 3.63) is 35.5 Å². The van der Waals surface area contributed by atoms with Crippen molar-refractivity contribution in [3.63, 3.8) is 0 Å². The van der Waals surface area contributed by atoms with Gasteiger partial charge in [-0.3, -0.25) is 9.48 Å². The van der Waals surface area contributed by atoms with E-state index in [9.17, 15) is 4.79 Å². The van der Waals surface area contributed by atoms with Gasteiger partial charge in [0.1, 0.15) is 12.3 Å². The number of amides is 1. The molecule has 2 aromatic rings. The fourth-order valence-electron chi connectivity index (χ4n) is 1.83. The second-order valence-corrected chi connectivity index (χ2v) is 5.20. The maximum absolute atomic E-state index is 11.6. The molecule has 2 N–H and O–H groups in total. The summed E-state index contributed by atoms with van der Waals surface area (Å²) in [5, 5.41) is 10.6. The van der Waals surface area contributed by atoms with E-state index >= 15 is 0 Å². The molecule has 1 saturated carbocycles. The first-order valence-corrected chi connectivity index (χ1v) is 6.87. The van der Waals surface area contributed by atoms with Gasteiger partial charge in [0.25, 0.3) is 0 Å². The van der Waals surface area contributed by atoms with Gasteiger partial charge < -0.3 is 15.1 Å². The van der Waals surface area contributed by atoms with E-state index in [-0.39, 0.29) is 12.5 Å². The van der Waals surface area contributed by atoms with Crippen LogP contribution in [-0.4, -0.2) is 21.7 Å². The first-order valence-electron chi connectivity index (χ1n) is 6.49. The summed E-state index contributed by atoms with van der Waals surface area (Å²) in [5.41, 5.74) is 0.830. The SMILES string of the molecule is O=C(Cn1cc(NCc2ccc(Cl)o2)cn1)NC1CC1. The normalized spacial score (nSPS) is 14.2. The van der Waals surface area contributed by atoms with Crippen LogP contribution in [0.1, 0.15) is 18.6 Å². The highest BCUT2D eigenvalue weighted by Crippen LogP contribution is 2.18. The molecule has 1 aliphatic rings. The molecule has 2 aromatic heterocycles. The molecule has 0 aromatic carbocycles. The summed E-state index contributed by atoms with van der Waals surface area (Å²) in [6, 6.07) is 3.88. The maximum atomic E-state index is 11.6. The number of hydrogen-bond donors (Lipinski definition) is 2. The second-order valence-electron chi connectivity index (χ2n) is 4.83. The first-order chi connectivity index (χ1) is 9.69. The molecule has 0 aliphatic heterocycles. The number of nitrogens with one attached hydrogen (secondary N) is 2. The molecule has 0 spiro atoms. The summed E-state index contributed by atoms with van der Waals surface area (Å²) >= 11 is 5.69. The Labute approximate surface area is 121 Å². The highest BCUT2D eigenvalue weighted by atomic mass is 35.5. The van der Waals surface area contributed by atoms with Gasteiger partial charge >= 0.3 is 0 Å². The molecule has 1 amide bonds. The molecule has 20 heavy (non-hydrogen) atoms. The number of anilines is 1. The van der Waals surface area contributed by atoms with Gasteiger partial charge in [-0.2, -0.15) is 5.10 Å². The van der Waals surface area contributed by atoms with Gasteiger partial charge in [0.2, 0.25) is 5.91 Å². The predicted molar refractivity (Wildman–Crippen MR) is 74.4 cm³/mol. The molecular formula is C13H15ClN4O2. The molecule has 1 aliphatic carbocycles. The lowest BCUT2D eigenvalue weighted by atomic mass is 10.4. The molecule has 3 rings (SSSR count). The molecule has 2 heterocycles. The number of aromatic nitrogens is 2. The van der Waals surface area contributed by atoms with Crippen LogP contribution in [-0.2, 0) is 17.9 Å². The van der Waals surface area contributed by atoms with Crippen LogP contribution < -0.4 is 10.6 Å². The molecule has 1 fully saturated rings. The summed E-state index contributed by atoms with van der Waals surface area (Å²) in [4.78, 5) is 11.6. The topological polar surface area (TPSA) is 72.1 Å². The predicted octanol–water partition coefficient (Wildman–Crippen LogP) is 2.02. The van der Waals surface area contributed by atoms with Gasteiger partial charge in [-0.25, -0.2) is 0 Å². The fraction of sp³-hybridized carbons (Fsp3) is 0.385. The first kappa shape index (κ1) is 13.1. The van der Waals surface area contributed by atoms with Gasteiger partial charge in [-0.15, -0.1) is 0 Å². The van der Waals surface area contributed by atoms with Crippen molar-refractivity contribution in [2.24, 2.45) is 0 Å². The highest BCUT2D eigenvalue weighted by molar-refractivity contribution is 6.28. The van der Waals surface area contributed by atoms with Crippen LogP contribution in [0.2, 0.25) is 5.22 Å². The van der Waals surface area contributed by atoms with Crippen LogP contribution in [0.15, 0.2) is 28.9 Å². The van der Waals surface area contributed by atoms with Crippen molar-refractivity contribution < 1.29 is 9.21 Å². The smallest absolute Gasteiger partial charge is 0.241 e. The Morgan fingerprint density at radius 1 is 1.50 bits per heavy atom. The van der Waals surface area contributed by atoms with Crippen molar-refractivity contribution in [1.29, 1.82) is 0 Å². The average molecular weight is 295 g/mol. The largest absolute Gasteiger partial charge is 0.448 e. The minimum absolute atomic E-state index is 0.0000311. The standard InChI is InChI=1S/C13H15ClN4O2/c14-12-4-3-11(20-12)6-15-10-5-16-18(7-10)8-13(19)17-9-1-2-9/h3-5,7,9,15H,1-2,6,8H2,(H,17,19). The van der Waals surface area contributed by atoms with Crippen molar-refractivity contribution in [3.8, 4) is 0 Å². The fourth-order valence-corrected chi connectivity index (χ4v) is 1.99. The van der Waals surface area contributed by atoms with E-state index in [1.165, 1.54) is 0 Å². The maximum Gasteiger partial charge on any atom is 0.241 e. The van der Waals surface area contributed by atoms with Crippen LogP contribution in [0.5, 0.6) is 0 Å². The van der Waals surface area contributed by atoms with E-state index in [1.54, 1.807) is 23.1 Å². The minimum Gasteiger partial charge on any atom is -0.448 e. The van der Waals surface area contributed by atoms with Gasteiger partial charge in [0.15, 0.2) is 5.22 Å². The van der Waals surface area contributed by atoms with E-state index in [0.29, 0.717) is 17.8 Å². The van der Waals surface area contributed by atoms with E-state index in [1.807, 2.05) is 6.07 Å². The lowest BCUT2D eigenvalue weighted by Gasteiger charge is -2.03. The average Bonchev–Trinajstić information content (AvgIpc) is 2.94. The monoisotopic (exact) mass is 294 g/mol. The van der Waals surface area contributed by atoms with Crippen LogP contribution >= 0.6 is 11.6 Å². The van der Waals surface area contributed by atoms with E-state index in [2.05, 4.69) is 15.7 Å². The number of halogens is 1. The highest BCUT2D eigenvalue weighted by Gasteiger charge is 2.23. The van der Waals surface area contributed by atoms with Crippen molar-refractivity contribution in [2.75, 3.05) is 5.32 Å². The molecule has 0 saturated heterocycles. The quantitative estimate of drug-likeness (QED) is 0.855. The number of hydrogen-bond acceptors (Lipinski definition) is 4. The zero-order chi connectivity index (χ0) is 13.9. The van der Waals surface area contributed by atoms with Crippen LogP contribution in [0, 0.1) is 0 Å². The zero-order valence-electron chi connectivity index (χ0n) is 10.8. The molecule has 0 atom stereocenters. The summed E-state index contributed by atoms with van der Waals surface area (Å²) in [6.07, 6.45) is 5.64. The molecular weight excluding hydrogens is 280 g/mol. The summed E-state index contributed by atoms with van der Waals surface area (Å²) < 4.78 is 6.85. The van der Waals surface area contributed by atoms with E-state index < -0.39 is 0 Å². The molecule has 6 nitrogen and oxygen atoms in total. The lowest BCUT2D eigenvalue weighted by Crippen LogP contribution is -2.29. The number of carbonyl (C=O) groups excluding carboxylic acids is 1. The number of nitrogens with zero attached hydrogens (tertiary/aromatic N) is 2. The minimum atomic E-state index is -0.0000311. The Bertz CT molecular complexity index is 603. The summed E-state index contributed by atoms with van der Waals surface area (Å²) in [5.74, 6) is 0.745. The third kappa shape index (κ3) is 3.54.